The topological polar surface area (TPSA) is 117 Å². The van der Waals surface area contributed by atoms with Crippen LogP contribution >= 0.6 is 0 Å². The summed E-state index contributed by atoms with van der Waals surface area (Å²) in [5.41, 5.74) is 0.0334. The quantitative estimate of drug-likeness (QED) is 0.520. The Kier molecular flexibility index (Phi) is 7.16. The van der Waals surface area contributed by atoms with Gasteiger partial charge in [-0.3, -0.25) is 19.3 Å². The fourth-order valence-corrected chi connectivity index (χ4v) is 2.84. The number of alkyl halides is 3. The van der Waals surface area contributed by atoms with Gasteiger partial charge < -0.3 is 20.7 Å². The van der Waals surface area contributed by atoms with Gasteiger partial charge in [-0.2, -0.15) is 13.2 Å². The number of amides is 5. The summed E-state index contributed by atoms with van der Waals surface area (Å²) in [6.07, 6.45) is -4.52. The second-order valence-corrected chi connectivity index (χ2v) is 6.94. The predicted molar refractivity (Wildman–Crippen MR) is 110 cm³/mol. The Labute approximate surface area is 185 Å². The minimum absolute atomic E-state index is 0.0381. The first-order chi connectivity index (χ1) is 15.6. The van der Waals surface area contributed by atoms with Gasteiger partial charge in [-0.05, 0) is 48.5 Å². The molecule has 3 N–H and O–H groups in total. The van der Waals surface area contributed by atoms with Crippen LogP contribution in [-0.2, 0) is 20.6 Å². The minimum Gasteiger partial charge on any atom is -0.484 e. The Hall–Kier alpha value is -4.09. The minimum atomic E-state index is -4.45. The molecule has 0 aromatic heterocycles. The van der Waals surface area contributed by atoms with E-state index in [1.165, 1.54) is 24.3 Å². The number of benzene rings is 2. The second kappa shape index (κ2) is 10.0. The highest BCUT2D eigenvalue weighted by molar-refractivity contribution is 6.02. The Balaban J connectivity index is 1.42. The highest BCUT2D eigenvalue weighted by Gasteiger charge is 2.30. The van der Waals surface area contributed by atoms with Crippen molar-refractivity contribution in [1.29, 1.82) is 0 Å². The molecule has 33 heavy (non-hydrogen) atoms. The van der Waals surface area contributed by atoms with Gasteiger partial charge in [-0.15, -0.1) is 0 Å². The first-order valence-electron chi connectivity index (χ1n) is 9.70. The third-order valence-electron chi connectivity index (χ3n) is 4.50. The summed E-state index contributed by atoms with van der Waals surface area (Å²) in [6.45, 7) is -0.529. The maximum atomic E-state index is 12.5. The molecule has 0 saturated carbocycles. The molecule has 5 amide bonds. The normalized spacial score (nSPS) is 13.5. The summed E-state index contributed by atoms with van der Waals surface area (Å²) < 4.78 is 42.8. The largest absolute Gasteiger partial charge is 0.484 e. The number of ether oxygens (including phenoxy) is 1. The van der Waals surface area contributed by atoms with E-state index in [1.54, 1.807) is 0 Å². The molecule has 9 nitrogen and oxygen atoms in total. The number of anilines is 2. The third kappa shape index (κ3) is 6.69. The van der Waals surface area contributed by atoms with Crippen LogP contribution in [0.15, 0.2) is 48.5 Å². The van der Waals surface area contributed by atoms with Gasteiger partial charge in [-0.25, -0.2) is 4.79 Å². The lowest BCUT2D eigenvalue weighted by molar-refractivity contribution is -0.137. The van der Waals surface area contributed by atoms with Gasteiger partial charge >= 0.3 is 12.2 Å². The molecule has 0 bridgehead atoms. The summed E-state index contributed by atoms with van der Waals surface area (Å²) in [4.78, 5) is 47.9. The van der Waals surface area contributed by atoms with E-state index in [1.807, 2.05) is 0 Å². The predicted octanol–water partition coefficient (Wildman–Crippen LogP) is 2.60. The van der Waals surface area contributed by atoms with Gasteiger partial charge in [0.2, 0.25) is 11.8 Å². The van der Waals surface area contributed by atoms with E-state index in [-0.39, 0.29) is 25.3 Å². The number of nitrogens with zero attached hydrogens (tertiary/aromatic N) is 1. The van der Waals surface area contributed by atoms with Crippen molar-refractivity contribution in [2.75, 3.05) is 30.3 Å². The van der Waals surface area contributed by atoms with E-state index in [2.05, 4.69) is 16.0 Å². The van der Waals surface area contributed by atoms with Crippen LogP contribution in [0.25, 0.3) is 0 Å². The van der Waals surface area contributed by atoms with Gasteiger partial charge in [0.25, 0.3) is 5.91 Å². The van der Waals surface area contributed by atoms with E-state index in [0.29, 0.717) is 11.4 Å². The standard InChI is InChI=1S/C21H19F3N4O5/c22-21(23,24)13-1-7-16(8-2-13)33-12-18(30)27-15-5-3-14(4-6-15)26-17(29)9-10-28-19(31)11-25-20(28)32/h1-8H,9-12H2,(H,25,32)(H,26,29)(H,27,30). The maximum absolute atomic E-state index is 12.5. The third-order valence-corrected chi connectivity index (χ3v) is 4.50. The van der Waals surface area contributed by atoms with E-state index in [9.17, 15) is 32.3 Å². The van der Waals surface area contributed by atoms with Gasteiger partial charge in [0.15, 0.2) is 6.61 Å². The van der Waals surface area contributed by atoms with Crippen molar-refractivity contribution in [3.63, 3.8) is 0 Å². The van der Waals surface area contributed by atoms with Crippen molar-refractivity contribution in [3.05, 3.63) is 54.1 Å². The molecule has 0 unspecified atom stereocenters. The van der Waals surface area contributed by atoms with Crippen LogP contribution in [0.2, 0.25) is 0 Å². The number of urea groups is 1. The van der Waals surface area contributed by atoms with Gasteiger partial charge in [-0.1, -0.05) is 0 Å². The lowest BCUT2D eigenvalue weighted by atomic mass is 10.2. The van der Waals surface area contributed by atoms with Crippen LogP contribution < -0.4 is 20.7 Å². The molecule has 0 aliphatic carbocycles. The molecule has 2 aromatic rings. The van der Waals surface area contributed by atoms with E-state index in [0.717, 1.165) is 29.2 Å². The van der Waals surface area contributed by atoms with Crippen molar-refractivity contribution >= 4 is 35.1 Å². The Morgan fingerprint density at radius 1 is 0.939 bits per heavy atom. The maximum Gasteiger partial charge on any atom is 0.416 e. The summed E-state index contributed by atoms with van der Waals surface area (Å²) in [5.74, 6) is -1.20. The first kappa shape index (κ1) is 23.6. The molecule has 2 aromatic carbocycles. The summed E-state index contributed by atoms with van der Waals surface area (Å²) in [7, 11) is 0. The molecule has 1 fully saturated rings. The summed E-state index contributed by atoms with van der Waals surface area (Å²) in [5, 5.41) is 7.53. The SMILES string of the molecule is O=C(CCN1C(=O)CNC1=O)Nc1ccc(NC(=O)COc2ccc(C(F)(F)F)cc2)cc1. The van der Waals surface area contributed by atoms with Crippen molar-refractivity contribution in [3.8, 4) is 5.75 Å². The monoisotopic (exact) mass is 464 g/mol. The molecule has 1 heterocycles. The van der Waals surface area contributed by atoms with Gasteiger partial charge in [0.1, 0.15) is 5.75 Å². The molecule has 0 radical (unpaired) electrons. The number of nitrogens with one attached hydrogen (secondary N) is 3. The summed E-state index contributed by atoms with van der Waals surface area (Å²) >= 11 is 0. The zero-order chi connectivity index (χ0) is 24.0. The fraction of sp³-hybridized carbons (Fsp3) is 0.238. The van der Waals surface area contributed by atoms with Crippen LogP contribution in [0, 0.1) is 0 Å². The second-order valence-electron chi connectivity index (χ2n) is 6.94. The van der Waals surface area contributed by atoms with Crippen LogP contribution in [0.1, 0.15) is 12.0 Å². The number of rotatable bonds is 8. The molecular formula is C21H19F3N4O5. The molecule has 1 aliphatic heterocycles. The van der Waals surface area contributed by atoms with Gasteiger partial charge in [0, 0.05) is 24.3 Å². The number of imide groups is 1. The number of hydrogen-bond acceptors (Lipinski definition) is 5. The molecule has 1 aliphatic rings. The van der Waals surface area contributed by atoms with Gasteiger partial charge in [0.05, 0.1) is 12.1 Å². The van der Waals surface area contributed by atoms with E-state index >= 15 is 0 Å². The fourth-order valence-electron chi connectivity index (χ4n) is 2.84. The summed E-state index contributed by atoms with van der Waals surface area (Å²) in [6, 6.07) is 9.58. The highest BCUT2D eigenvalue weighted by Crippen LogP contribution is 2.30. The molecular weight excluding hydrogens is 445 g/mol. The van der Waals surface area contributed by atoms with Crippen LogP contribution in [0.5, 0.6) is 5.75 Å². The van der Waals surface area contributed by atoms with E-state index in [4.69, 9.17) is 4.74 Å². The van der Waals surface area contributed by atoms with Crippen molar-refractivity contribution < 1.29 is 37.1 Å². The molecule has 0 spiro atoms. The number of carbonyl (C=O) groups is 4. The molecule has 1 saturated heterocycles. The Bertz CT molecular complexity index is 1020. The first-order valence-corrected chi connectivity index (χ1v) is 9.70. The number of halogens is 3. The number of carbonyl (C=O) groups excluding carboxylic acids is 4. The average Bonchev–Trinajstić information content (AvgIpc) is 3.09. The Morgan fingerprint density at radius 2 is 1.52 bits per heavy atom. The molecule has 174 valence electrons. The van der Waals surface area contributed by atoms with Crippen molar-refractivity contribution in [1.82, 2.24) is 10.2 Å². The Morgan fingerprint density at radius 3 is 2.03 bits per heavy atom. The lowest BCUT2D eigenvalue weighted by Gasteiger charge is -2.12. The molecule has 3 rings (SSSR count). The van der Waals surface area contributed by atoms with Crippen LogP contribution in [0.3, 0.4) is 0 Å². The number of hydrogen-bond donors (Lipinski definition) is 3. The van der Waals surface area contributed by atoms with Crippen LogP contribution in [0.4, 0.5) is 29.3 Å². The van der Waals surface area contributed by atoms with Crippen molar-refractivity contribution in [2.24, 2.45) is 0 Å². The van der Waals surface area contributed by atoms with E-state index < -0.39 is 42.1 Å². The van der Waals surface area contributed by atoms with Crippen LogP contribution in [-0.4, -0.2) is 48.3 Å². The lowest BCUT2D eigenvalue weighted by Crippen LogP contribution is -2.33. The average molecular weight is 464 g/mol. The zero-order valence-electron chi connectivity index (χ0n) is 17.1. The highest BCUT2D eigenvalue weighted by atomic mass is 19.4. The zero-order valence-corrected chi connectivity index (χ0v) is 17.1. The molecule has 0 atom stereocenters. The smallest absolute Gasteiger partial charge is 0.416 e. The van der Waals surface area contributed by atoms with Crippen molar-refractivity contribution in [2.45, 2.75) is 12.6 Å². The molecule has 12 heteroatoms.